The SMILES string of the molecule is C=C/C=C\Cc1cccc2c1CNC(c1ccc(NCC)cc1)N2. The highest BCUT2D eigenvalue weighted by Crippen LogP contribution is 2.29. The highest BCUT2D eigenvalue weighted by molar-refractivity contribution is 5.58. The normalized spacial score (nSPS) is 16.5. The quantitative estimate of drug-likeness (QED) is 0.680. The maximum absolute atomic E-state index is 3.72. The molecule has 0 saturated carbocycles. The lowest BCUT2D eigenvalue weighted by Gasteiger charge is -2.30. The molecule has 24 heavy (non-hydrogen) atoms. The second-order valence-corrected chi connectivity index (χ2v) is 5.92. The number of allylic oxidation sites excluding steroid dienone is 3. The van der Waals surface area contributed by atoms with Crippen molar-refractivity contribution in [3.8, 4) is 0 Å². The summed E-state index contributed by atoms with van der Waals surface area (Å²) >= 11 is 0. The Balaban J connectivity index is 1.75. The molecule has 0 spiro atoms. The first-order chi connectivity index (χ1) is 11.8. The van der Waals surface area contributed by atoms with Crippen molar-refractivity contribution >= 4 is 11.4 Å². The monoisotopic (exact) mass is 319 g/mol. The molecule has 3 N–H and O–H groups in total. The van der Waals surface area contributed by atoms with E-state index in [1.54, 1.807) is 0 Å². The van der Waals surface area contributed by atoms with Gasteiger partial charge in [0.05, 0.1) is 0 Å². The number of nitrogens with one attached hydrogen (secondary N) is 3. The van der Waals surface area contributed by atoms with Crippen molar-refractivity contribution in [2.24, 2.45) is 0 Å². The van der Waals surface area contributed by atoms with Crippen LogP contribution in [0.25, 0.3) is 0 Å². The molecular formula is C21H25N3. The minimum absolute atomic E-state index is 0.146. The maximum atomic E-state index is 3.72. The van der Waals surface area contributed by atoms with Crippen LogP contribution in [-0.2, 0) is 13.0 Å². The summed E-state index contributed by atoms with van der Waals surface area (Å²) in [6, 6.07) is 15.1. The summed E-state index contributed by atoms with van der Waals surface area (Å²) in [6.07, 6.45) is 7.04. The van der Waals surface area contributed by atoms with Gasteiger partial charge in [-0.1, -0.05) is 49.1 Å². The van der Waals surface area contributed by atoms with Gasteiger partial charge in [0, 0.05) is 24.5 Å². The van der Waals surface area contributed by atoms with E-state index in [1.165, 1.54) is 22.4 Å². The first kappa shape index (κ1) is 16.3. The summed E-state index contributed by atoms with van der Waals surface area (Å²) in [7, 11) is 0. The Morgan fingerprint density at radius 2 is 2.04 bits per heavy atom. The number of benzene rings is 2. The molecule has 0 aliphatic carbocycles. The van der Waals surface area contributed by atoms with Crippen molar-refractivity contribution in [3.05, 3.63) is 84.0 Å². The molecule has 0 amide bonds. The van der Waals surface area contributed by atoms with Gasteiger partial charge in [-0.2, -0.15) is 0 Å². The third-order valence-electron chi connectivity index (χ3n) is 4.29. The second kappa shape index (κ2) is 7.84. The van der Waals surface area contributed by atoms with Gasteiger partial charge in [0.1, 0.15) is 6.17 Å². The van der Waals surface area contributed by atoms with E-state index in [9.17, 15) is 0 Å². The molecule has 1 aliphatic heterocycles. The highest BCUT2D eigenvalue weighted by atomic mass is 15.1. The molecule has 1 unspecified atom stereocenters. The third kappa shape index (κ3) is 3.69. The van der Waals surface area contributed by atoms with E-state index >= 15 is 0 Å². The summed E-state index contributed by atoms with van der Waals surface area (Å²) in [6.45, 7) is 7.65. The van der Waals surface area contributed by atoms with E-state index < -0.39 is 0 Å². The summed E-state index contributed by atoms with van der Waals surface area (Å²) in [5.74, 6) is 0. The first-order valence-electron chi connectivity index (χ1n) is 8.54. The van der Waals surface area contributed by atoms with Gasteiger partial charge in [-0.15, -0.1) is 0 Å². The van der Waals surface area contributed by atoms with Gasteiger partial charge in [0.15, 0.2) is 0 Å². The zero-order valence-corrected chi connectivity index (χ0v) is 14.2. The molecule has 3 rings (SSSR count). The lowest BCUT2D eigenvalue weighted by Crippen LogP contribution is -2.33. The van der Waals surface area contributed by atoms with E-state index in [0.29, 0.717) is 0 Å². The van der Waals surface area contributed by atoms with Crippen molar-refractivity contribution in [1.82, 2.24) is 5.32 Å². The molecule has 2 aromatic carbocycles. The van der Waals surface area contributed by atoms with Gasteiger partial charge in [0.25, 0.3) is 0 Å². The van der Waals surface area contributed by atoms with Gasteiger partial charge >= 0.3 is 0 Å². The zero-order valence-electron chi connectivity index (χ0n) is 14.2. The molecule has 0 radical (unpaired) electrons. The van der Waals surface area contributed by atoms with E-state index in [0.717, 1.165) is 25.2 Å². The topological polar surface area (TPSA) is 36.1 Å². The molecule has 0 fully saturated rings. The Labute approximate surface area is 144 Å². The number of fused-ring (bicyclic) bond motifs is 1. The average Bonchev–Trinajstić information content (AvgIpc) is 2.62. The first-order valence-corrected chi connectivity index (χ1v) is 8.54. The van der Waals surface area contributed by atoms with Crippen LogP contribution in [0.4, 0.5) is 11.4 Å². The van der Waals surface area contributed by atoms with Crippen molar-refractivity contribution < 1.29 is 0 Å². The fraction of sp³-hybridized carbons (Fsp3) is 0.238. The van der Waals surface area contributed by atoms with Crippen molar-refractivity contribution in [2.75, 3.05) is 17.2 Å². The lowest BCUT2D eigenvalue weighted by atomic mass is 9.99. The summed E-state index contributed by atoms with van der Waals surface area (Å²) < 4.78 is 0. The molecule has 0 saturated heterocycles. The van der Waals surface area contributed by atoms with E-state index in [1.807, 2.05) is 12.2 Å². The molecule has 1 heterocycles. The largest absolute Gasteiger partial charge is 0.385 e. The molecule has 3 nitrogen and oxygen atoms in total. The molecule has 124 valence electrons. The van der Waals surface area contributed by atoms with Crippen LogP contribution < -0.4 is 16.0 Å². The van der Waals surface area contributed by atoms with E-state index in [-0.39, 0.29) is 6.17 Å². The molecule has 0 bridgehead atoms. The van der Waals surface area contributed by atoms with Crippen LogP contribution in [-0.4, -0.2) is 6.54 Å². The Morgan fingerprint density at radius 3 is 2.79 bits per heavy atom. The highest BCUT2D eigenvalue weighted by Gasteiger charge is 2.19. The van der Waals surface area contributed by atoms with Crippen LogP contribution in [0.15, 0.2) is 67.3 Å². The summed E-state index contributed by atoms with van der Waals surface area (Å²) in [4.78, 5) is 0. The predicted molar refractivity (Wildman–Crippen MR) is 103 cm³/mol. The van der Waals surface area contributed by atoms with Crippen molar-refractivity contribution in [1.29, 1.82) is 0 Å². The zero-order chi connectivity index (χ0) is 16.8. The molecular weight excluding hydrogens is 294 g/mol. The average molecular weight is 319 g/mol. The number of anilines is 2. The van der Waals surface area contributed by atoms with Gasteiger partial charge in [-0.25, -0.2) is 0 Å². The van der Waals surface area contributed by atoms with Gasteiger partial charge in [-0.05, 0) is 48.2 Å². The smallest absolute Gasteiger partial charge is 0.103 e. The van der Waals surface area contributed by atoms with Gasteiger partial charge < -0.3 is 10.6 Å². The molecule has 1 aliphatic rings. The molecule has 2 aromatic rings. The number of rotatable bonds is 6. The molecule has 0 aromatic heterocycles. The van der Waals surface area contributed by atoms with Crippen LogP contribution in [0.2, 0.25) is 0 Å². The number of hydrogen-bond acceptors (Lipinski definition) is 3. The molecule has 1 atom stereocenters. The van der Waals surface area contributed by atoms with Crippen molar-refractivity contribution in [2.45, 2.75) is 26.1 Å². The fourth-order valence-corrected chi connectivity index (χ4v) is 3.07. The van der Waals surface area contributed by atoms with Crippen molar-refractivity contribution in [3.63, 3.8) is 0 Å². The van der Waals surface area contributed by atoms with Crippen LogP contribution >= 0.6 is 0 Å². The molecule has 3 heteroatoms. The summed E-state index contributed by atoms with van der Waals surface area (Å²) in [5.41, 5.74) is 6.34. The number of hydrogen-bond donors (Lipinski definition) is 3. The Hall–Kier alpha value is -2.52. The third-order valence-corrected chi connectivity index (χ3v) is 4.29. The van der Waals surface area contributed by atoms with E-state index in [2.05, 4.69) is 78.0 Å². The predicted octanol–water partition coefficient (Wildman–Crippen LogP) is 4.62. The second-order valence-electron chi connectivity index (χ2n) is 5.92. The fourth-order valence-electron chi connectivity index (χ4n) is 3.07. The van der Waals surface area contributed by atoms with E-state index in [4.69, 9.17) is 0 Å². The summed E-state index contributed by atoms with van der Waals surface area (Å²) in [5, 5.41) is 10.5. The minimum atomic E-state index is 0.146. The Morgan fingerprint density at radius 1 is 1.21 bits per heavy atom. The lowest BCUT2D eigenvalue weighted by molar-refractivity contribution is 0.563. The Kier molecular flexibility index (Phi) is 5.34. The Bertz CT molecular complexity index is 716. The van der Waals surface area contributed by atoms with Crippen LogP contribution in [0.5, 0.6) is 0 Å². The van der Waals surface area contributed by atoms with Crippen LogP contribution in [0.3, 0.4) is 0 Å². The van der Waals surface area contributed by atoms with Crippen LogP contribution in [0, 0.1) is 0 Å². The van der Waals surface area contributed by atoms with Gasteiger partial charge in [0.2, 0.25) is 0 Å². The van der Waals surface area contributed by atoms with Gasteiger partial charge in [-0.3, -0.25) is 5.32 Å². The van der Waals surface area contributed by atoms with Crippen LogP contribution in [0.1, 0.15) is 29.8 Å². The standard InChI is InChI=1S/C21H25N3/c1-3-5-6-8-16-9-7-10-20-19(16)15-23-21(24-20)17-11-13-18(14-12-17)22-4-2/h3,5-7,9-14,21-24H,1,4,8,15H2,2H3/b6-5-. The maximum Gasteiger partial charge on any atom is 0.103 e. The minimum Gasteiger partial charge on any atom is -0.385 e.